The van der Waals surface area contributed by atoms with E-state index in [1.54, 1.807) is 27.7 Å². The second-order valence-corrected chi connectivity index (χ2v) is 13.2. The van der Waals surface area contributed by atoms with Gasteiger partial charge in [-0.1, -0.05) is 33.5 Å². The van der Waals surface area contributed by atoms with Gasteiger partial charge < -0.3 is 9.05 Å². The topological polar surface area (TPSA) is 35.5 Å². The van der Waals surface area contributed by atoms with Gasteiger partial charge in [-0.05, 0) is 19.8 Å². The number of hydrogen-bond donors (Lipinski definition) is 0. The van der Waals surface area contributed by atoms with Gasteiger partial charge in [0.1, 0.15) is 8.07 Å². The maximum atomic E-state index is 15.4. The number of rotatable bonds is 7. The standard InChI is InChI=1S/C11H26FO3PSi/c1-8-14-16(13,15-9-2)11(12,10(3)4)17(5,6)7/h10H,8-9H2,1-7H3. The minimum atomic E-state index is -3.72. The average Bonchev–Trinajstić information content (AvgIpc) is 2.14. The van der Waals surface area contributed by atoms with Crippen molar-refractivity contribution < 1.29 is 18.0 Å². The van der Waals surface area contributed by atoms with Crippen molar-refractivity contribution in [3.63, 3.8) is 0 Å². The molecule has 0 aromatic heterocycles. The van der Waals surface area contributed by atoms with Crippen molar-refractivity contribution in [3.05, 3.63) is 0 Å². The molecule has 0 fully saturated rings. The van der Waals surface area contributed by atoms with Gasteiger partial charge in [0.25, 0.3) is 0 Å². The molecule has 0 bridgehead atoms. The largest absolute Gasteiger partial charge is 0.364 e. The Morgan fingerprint density at radius 1 is 1.18 bits per heavy atom. The SMILES string of the molecule is CCOP(=O)(OCC)C(F)(C(C)C)[Si](C)(C)C. The summed E-state index contributed by atoms with van der Waals surface area (Å²) in [7, 11) is -6.09. The van der Waals surface area contributed by atoms with E-state index in [9.17, 15) is 4.57 Å². The highest BCUT2D eigenvalue weighted by atomic mass is 31.2. The molecule has 0 aromatic rings. The van der Waals surface area contributed by atoms with E-state index in [1.807, 2.05) is 19.6 Å². The molecule has 0 heterocycles. The van der Waals surface area contributed by atoms with Crippen LogP contribution < -0.4 is 0 Å². The minimum Gasteiger partial charge on any atom is -0.307 e. The number of alkyl halides is 1. The fourth-order valence-corrected chi connectivity index (χ4v) is 9.33. The summed E-state index contributed by atoms with van der Waals surface area (Å²) in [5, 5.41) is -1.86. The summed E-state index contributed by atoms with van der Waals surface area (Å²) >= 11 is 0. The zero-order valence-electron chi connectivity index (χ0n) is 12.0. The Morgan fingerprint density at radius 3 is 1.71 bits per heavy atom. The monoisotopic (exact) mass is 284 g/mol. The molecule has 0 aliphatic rings. The van der Waals surface area contributed by atoms with Gasteiger partial charge in [0.15, 0.2) is 5.03 Å². The molecule has 1 unspecified atom stereocenters. The molecule has 0 saturated heterocycles. The summed E-state index contributed by atoms with van der Waals surface area (Å²) in [5.41, 5.74) is 0. The molecule has 6 heteroatoms. The third kappa shape index (κ3) is 3.19. The van der Waals surface area contributed by atoms with E-state index in [-0.39, 0.29) is 13.2 Å². The van der Waals surface area contributed by atoms with Crippen molar-refractivity contribution in [1.29, 1.82) is 0 Å². The fourth-order valence-electron chi connectivity index (χ4n) is 2.16. The van der Waals surface area contributed by atoms with Gasteiger partial charge in [-0.25, -0.2) is 4.39 Å². The van der Waals surface area contributed by atoms with Crippen LogP contribution in [0.25, 0.3) is 0 Å². The lowest BCUT2D eigenvalue weighted by atomic mass is 10.2. The van der Waals surface area contributed by atoms with Crippen LogP contribution in [-0.2, 0) is 13.6 Å². The van der Waals surface area contributed by atoms with Crippen LogP contribution in [0.4, 0.5) is 4.39 Å². The Hall–Kier alpha value is 0.297. The second kappa shape index (κ2) is 5.96. The van der Waals surface area contributed by atoms with Crippen molar-refractivity contribution in [2.45, 2.75) is 52.4 Å². The average molecular weight is 284 g/mol. The van der Waals surface area contributed by atoms with E-state index in [2.05, 4.69) is 0 Å². The van der Waals surface area contributed by atoms with Crippen LogP contribution in [-0.4, -0.2) is 26.3 Å². The Kier molecular flexibility index (Phi) is 6.06. The van der Waals surface area contributed by atoms with Gasteiger partial charge in [-0.15, -0.1) is 0 Å². The van der Waals surface area contributed by atoms with E-state index >= 15 is 4.39 Å². The van der Waals surface area contributed by atoms with Crippen molar-refractivity contribution in [1.82, 2.24) is 0 Å². The first-order valence-electron chi connectivity index (χ1n) is 6.15. The predicted octanol–water partition coefficient (Wildman–Crippen LogP) is 4.45. The van der Waals surface area contributed by atoms with E-state index in [4.69, 9.17) is 9.05 Å². The summed E-state index contributed by atoms with van der Waals surface area (Å²) in [6.45, 7) is 12.9. The molecule has 17 heavy (non-hydrogen) atoms. The maximum absolute atomic E-state index is 15.4. The van der Waals surface area contributed by atoms with E-state index in [1.165, 1.54) is 0 Å². The molecule has 0 radical (unpaired) electrons. The van der Waals surface area contributed by atoms with Crippen LogP contribution in [0.2, 0.25) is 19.6 Å². The fraction of sp³-hybridized carbons (Fsp3) is 1.00. The smallest absolute Gasteiger partial charge is 0.307 e. The lowest BCUT2D eigenvalue weighted by molar-refractivity contribution is 0.151. The molecule has 0 amide bonds. The van der Waals surface area contributed by atoms with Gasteiger partial charge in [0.2, 0.25) is 0 Å². The third-order valence-corrected chi connectivity index (χ3v) is 10.8. The van der Waals surface area contributed by atoms with Gasteiger partial charge in [-0.3, -0.25) is 4.57 Å². The van der Waals surface area contributed by atoms with Crippen molar-refractivity contribution in [2.24, 2.45) is 5.92 Å². The highest BCUT2D eigenvalue weighted by molar-refractivity contribution is 7.59. The summed E-state index contributed by atoms with van der Waals surface area (Å²) in [5.74, 6) is -0.391. The molecular formula is C11H26FO3PSi. The minimum absolute atomic E-state index is 0.195. The Morgan fingerprint density at radius 2 is 1.53 bits per heavy atom. The molecule has 0 aromatic carbocycles. The first kappa shape index (κ1) is 17.3. The molecular weight excluding hydrogens is 258 g/mol. The highest BCUT2D eigenvalue weighted by Crippen LogP contribution is 2.66. The van der Waals surface area contributed by atoms with Crippen LogP contribution in [0.1, 0.15) is 27.7 Å². The lowest BCUT2D eigenvalue weighted by Gasteiger charge is -2.43. The van der Waals surface area contributed by atoms with Crippen molar-refractivity contribution in [3.8, 4) is 0 Å². The molecule has 0 rings (SSSR count). The summed E-state index contributed by atoms with van der Waals surface area (Å²) in [6, 6.07) is 0. The maximum Gasteiger partial charge on any atom is 0.364 e. The van der Waals surface area contributed by atoms with E-state index < -0.39 is 26.6 Å². The van der Waals surface area contributed by atoms with Gasteiger partial charge in [0.05, 0.1) is 13.2 Å². The Balaban J connectivity index is 5.64. The molecule has 1 atom stereocenters. The summed E-state index contributed by atoms with van der Waals surface area (Å²) < 4.78 is 38.6. The summed E-state index contributed by atoms with van der Waals surface area (Å²) in [6.07, 6.45) is 0. The van der Waals surface area contributed by atoms with Gasteiger partial charge >= 0.3 is 7.60 Å². The molecule has 0 aliphatic heterocycles. The van der Waals surface area contributed by atoms with Crippen LogP contribution in [0, 0.1) is 5.92 Å². The first-order valence-corrected chi connectivity index (χ1v) is 11.2. The molecule has 0 spiro atoms. The Bertz CT molecular complexity index is 281. The Labute approximate surface area is 106 Å². The van der Waals surface area contributed by atoms with Crippen LogP contribution in [0.15, 0.2) is 0 Å². The van der Waals surface area contributed by atoms with Crippen molar-refractivity contribution >= 4 is 15.7 Å². The van der Waals surface area contributed by atoms with Gasteiger partial charge in [-0.2, -0.15) is 0 Å². The zero-order valence-corrected chi connectivity index (χ0v) is 13.9. The molecule has 0 saturated carbocycles. The normalized spacial score (nSPS) is 17.2. The molecule has 0 N–H and O–H groups in total. The number of hydrogen-bond acceptors (Lipinski definition) is 3. The molecule has 3 nitrogen and oxygen atoms in total. The van der Waals surface area contributed by atoms with Crippen LogP contribution in [0.3, 0.4) is 0 Å². The molecule has 104 valence electrons. The highest BCUT2D eigenvalue weighted by Gasteiger charge is 2.62. The summed E-state index contributed by atoms with van der Waals surface area (Å²) in [4.78, 5) is 0. The van der Waals surface area contributed by atoms with Gasteiger partial charge in [0, 0.05) is 0 Å². The first-order chi connectivity index (χ1) is 7.56. The second-order valence-electron chi connectivity index (χ2n) is 5.41. The predicted molar refractivity (Wildman–Crippen MR) is 72.9 cm³/mol. The lowest BCUT2D eigenvalue weighted by Crippen LogP contribution is -2.52. The van der Waals surface area contributed by atoms with E-state index in [0.29, 0.717) is 0 Å². The quantitative estimate of drug-likeness (QED) is 0.512. The van der Waals surface area contributed by atoms with E-state index in [0.717, 1.165) is 0 Å². The molecule has 0 aliphatic carbocycles. The van der Waals surface area contributed by atoms with Crippen molar-refractivity contribution in [2.75, 3.05) is 13.2 Å². The zero-order chi connectivity index (χ0) is 13.9. The number of halogens is 1. The van der Waals surface area contributed by atoms with Crippen LogP contribution >= 0.6 is 7.60 Å². The third-order valence-electron chi connectivity index (χ3n) is 2.81. The van der Waals surface area contributed by atoms with Crippen LogP contribution in [0.5, 0.6) is 0 Å².